The monoisotopic (exact) mass is 572 g/mol. The summed E-state index contributed by atoms with van der Waals surface area (Å²) in [7, 11) is 0. The lowest BCUT2D eigenvalue weighted by atomic mass is 9.97. The Bertz CT molecular complexity index is 2460. The van der Waals surface area contributed by atoms with Gasteiger partial charge >= 0.3 is 0 Å². The molecule has 0 atom stereocenters. The number of hydrogen-bond acceptors (Lipinski definition) is 3. The maximum absolute atomic E-state index is 9.45. The van der Waals surface area contributed by atoms with Gasteiger partial charge in [-0.05, 0) is 70.1 Å². The summed E-state index contributed by atoms with van der Waals surface area (Å²) in [5, 5.41) is 22.2. The van der Waals surface area contributed by atoms with E-state index in [9.17, 15) is 10.5 Å². The van der Waals surface area contributed by atoms with Crippen LogP contribution in [0, 0.1) is 22.7 Å². The zero-order valence-corrected chi connectivity index (χ0v) is 24.1. The van der Waals surface area contributed by atoms with E-state index in [2.05, 4.69) is 108 Å². The fourth-order valence-electron chi connectivity index (χ4n) is 6.23. The van der Waals surface area contributed by atoms with Gasteiger partial charge in [0.25, 0.3) is 0 Å². The topological polar surface area (TPSA) is 64.9 Å². The number of nitrogens with zero attached hydrogens (tertiary/aromatic N) is 4. The standard InChI is InChI=1S/C41H24N4/c42-25-27-10-14-32(15-11-27)39-40(33-16-12-28(26-43)13-17-33)45-38-9-5-4-8-35(38)37-24-34(22-23-36(37)41(45)44-39)31-20-18-30(19-21-31)29-6-2-1-3-7-29/h1-24H. The molecule has 0 aliphatic heterocycles. The summed E-state index contributed by atoms with van der Waals surface area (Å²) in [5.41, 5.74) is 11.4. The third kappa shape index (κ3) is 4.41. The normalized spacial score (nSPS) is 11.1. The highest BCUT2D eigenvalue weighted by molar-refractivity contribution is 6.14. The number of pyridine rings is 1. The molecule has 4 nitrogen and oxygen atoms in total. The lowest BCUT2D eigenvalue weighted by molar-refractivity contribution is 1.27. The van der Waals surface area contributed by atoms with Crippen molar-refractivity contribution in [2.45, 2.75) is 0 Å². The van der Waals surface area contributed by atoms with E-state index in [1.54, 1.807) is 0 Å². The Balaban J connectivity index is 1.38. The van der Waals surface area contributed by atoms with Crippen LogP contribution in [0.25, 0.3) is 72.1 Å². The molecule has 0 aliphatic rings. The van der Waals surface area contributed by atoms with Crippen LogP contribution in [0.5, 0.6) is 0 Å². The molecule has 0 unspecified atom stereocenters. The molecule has 0 bridgehead atoms. The number of benzene rings is 6. The highest BCUT2D eigenvalue weighted by atomic mass is 15.0. The molecule has 0 amide bonds. The van der Waals surface area contributed by atoms with Crippen LogP contribution >= 0.6 is 0 Å². The number of hydrogen-bond donors (Lipinski definition) is 0. The van der Waals surface area contributed by atoms with Crippen LogP contribution in [0.4, 0.5) is 0 Å². The second-order valence-electron chi connectivity index (χ2n) is 11.1. The summed E-state index contributed by atoms with van der Waals surface area (Å²) in [4.78, 5) is 5.30. The molecule has 0 saturated carbocycles. The Kier molecular flexibility index (Phi) is 6.19. The molecule has 2 heterocycles. The number of nitriles is 2. The molecule has 45 heavy (non-hydrogen) atoms. The molecule has 0 fully saturated rings. The second-order valence-corrected chi connectivity index (χ2v) is 11.1. The Morgan fingerprint density at radius 3 is 1.64 bits per heavy atom. The van der Waals surface area contributed by atoms with Gasteiger partial charge in [0.2, 0.25) is 0 Å². The molecule has 4 heteroatoms. The smallest absolute Gasteiger partial charge is 0.146 e. The molecule has 2 aromatic heterocycles. The van der Waals surface area contributed by atoms with Gasteiger partial charge in [-0.2, -0.15) is 10.5 Å². The zero-order valence-electron chi connectivity index (χ0n) is 24.1. The first-order chi connectivity index (χ1) is 22.2. The average molecular weight is 573 g/mol. The predicted molar refractivity (Wildman–Crippen MR) is 181 cm³/mol. The van der Waals surface area contributed by atoms with Gasteiger partial charge in [-0.25, -0.2) is 4.98 Å². The molecule has 8 rings (SSSR count). The molecule has 0 aliphatic carbocycles. The number of rotatable bonds is 4. The number of imidazole rings is 1. The summed E-state index contributed by atoms with van der Waals surface area (Å²) in [6, 6.07) is 53.9. The highest BCUT2D eigenvalue weighted by Crippen LogP contribution is 2.40. The molecule has 6 aromatic carbocycles. The number of para-hydroxylation sites is 1. The highest BCUT2D eigenvalue weighted by Gasteiger charge is 2.21. The van der Waals surface area contributed by atoms with Crippen molar-refractivity contribution in [1.29, 1.82) is 10.5 Å². The van der Waals surface area contributed by atoms with Gasteiger partial charge in [0, 0.05) is 21.9 Å². The number of aromatic nitrogens is 2. The van der Waals surface area contributed by atoms with E-state index < -0.39 is 0 Å². The van der Waals surface area contributed by atoms with Crippen molar-refractivity contribution >= 4 is 27.3 Å². The summed E-state index contributed by atoms with van der Waals surface area (Å²) < 4.78 is 2.24. The van der Waals surface area contributed by atoms with Gasteiger partial charge in [-0.3, -0.25) is 4.40 Å². The first kappa shape index (κ1) is 26.2. The molecule has 8 aromatic rings. The van der Waals surface area contributed by atoms with Gasteiger partial charge in [0.15, 0.2) is 0 Å². The van der Waals surface area contributed by atoms with Gasteiger partial charge in [-0.1, -0.05) is 103 Å². The maximum atomic E-state index is 9.45. The minimum Gasteiger partial charge on any atom is -0.291 e. The molecule has 0 N–H and O–H groups in total. The van der Waals surface area contributed by atoms with E-state index in [0.29, 0.717) is 11.1 Å². The molecular weight excluding hydrogens is 548 g/mol. The second kappa shape index (κ2) is 10.7. The van der Waals surface area contributed by atoms with Crippen LogP contribution in [0.1, 0.15) is 11.1 Å². The molecule has 0 radical (unpaired) electrons. The molecule has 208 valence electrons. The van der Waals surface area contributed by atoms with Gasteiger partial charge in [0.05, 0.1) is 40.2 Å². The zero-order chi connectivity index (χ0) is 30.3. The van der Waals surface area contributed by atoms with E-state index in [1.165, 1.54) is 11.1 Å². The Morgan fingerprint density at radius 1 is 0.444 bits per heavy atom. The van der Waals surface area contributed by atoms with Crippen molar-refractivity contribution in [3.8, 4) is 56.9 Å². The molecule has 0 spiro atoms. The Morgan fingerprint density at radius 2 is 0.978 bits per heavy atom. The fraction of sp³-hybridized carbons (Fsp3) is 0. The summed E-state index contributed by atoms with van der Waals surface area (Å²) >= 11 is 0. The van der Waals surface area contributed by atoms with Crippen LogP contribution in [-0.2, 0) is 0 Å². The minimum absolute atomic E-state index is 0.600. The van der Waals surface area contributed by atoms with Gasteiger partial charge < -0.3 is 0 Å². The van der Waals surface area contributed by atoms with Crippen molar-refractivity contribution in [3.05, 3.63) is 157 Å². The molecular formula is C41H24N4. The van der Waals surface area contributed by atoms with Crippen LogP contribution in [0.2, 0.25) is 0 Å². The lowest BCUT2D eigenvalue weighted by Crippen LogP contribution is -1.95. The quantitative estimate of drug-likeness (QED) is 0.197. The van der Waals surface area contributed by atoms with E-state index in [4.69, 9.17) is 4.98 Å². The van der Waals surface area contributed by atoms with E-state index >= 15 is 0 Å². The largest absolute Gasteiger partial charge is 0.291 e. The third-order valence-corrected chi connectivity index (χ3v) is 8.47. The third-order valence-electron chi connectivity index (χ3n) is 8.47. The van der Waals surface area contributed by atoms with Crippen molar-refractivity contribution in [1.82, 2.24) is 9.38 Å². The Hall–Kier alpha value is -6.49. The first-order valence-electron chi connectivity index (χ1n) is 14.8. The minimum atomic E-state index is 0.600. The van der Waals surface area contributed by atoms with Crippen LogP contribution in [-0.4, -0.2) is 9.38 Å². The maximum Gasteiger partial charge on any atom is 0.146 e. The van der Waals surface area contributed by atoms with Crippen molar-refractivity contribution < 1.29 is 0 Å². The summed E-state index contributed by atoms with van der Waals surface area (Å²) in [5.74, 6) is 0. The van der Waals surface area contributed by atoms with Gasteiger partial charge in [0.1, 0.15) is 5.65 Å². The first-order valence-corrected chi connectivity index (χ1v) is 14.8. The van der Waals surface area contributed by atoms with Crippen LogP contribution < -0.4 is 0 Å². The number of fused-ring (bicyclic) bond motifs is 6. The van der Waals surface area contributed by atoms with Crippen LogP contribution in [0.3, 0.4) is 0 Å². The van der Waals surface area contributed by atoms with E-state index in [0.717, 1.165) is 61.0 Å². The van der Waals surface area contributed by atoms with E-state index in [1.807, 2.05) is 54.6 Å². The van der Waals surface area contributed by atoms with Crippen LogP contribution in [0.15, 0.2) is 146 Å². The summed E-state index contributed by atoms with van der Waals surface area (Å²) in [6.07, 6.45) is 0. The fourth-order valence-corrected chi connectivity index (χ4v) is 6.23. The SMILES string of the molecule is N#Cc1ccc(-c2nc3c4ccc(-c5ccc(-c6ccccc6)cc5)cc4c4ccccc4n3c2-c2ccc(C#N)cc2)cc1. The molecule has 0 saturated heterocycles. The van der Waals surface area contributed by atoms with Crippen molar-refractivity contribution in [3.63, 3.8) is 0 Å². The van der Waals surface area contributed by atoms with Gasteiger partial charge in [-0.15, -0.1) is 0 Å². The Labute approximate surface area is 260 Å². The average Bonchev–Trinajstić information content (AvgIpc) is 3.53. The predicted octanol–water partition coefficient (Wildman–Crippen LogP) is 10.1. The van der Waals surface area contributed by atoms with E-state index in [-0.39, 0.29) is 0 Å². The lowest BCUT2D eigenvalue weighted by Gasteiger charge is -2.13. The van der Waals surface area contributed by atoms with Crippen molar-refractivity contribution in [2.75, 3.05) is 0 Å². The summed E-state index contributed by atoms with van der Waals surface area (Å²) in [6.45, 7) is 0. The van der Waals surface area contributed by atoms with Crippen molar-refractivity contribution in [2.24, 2.45) is 0 Å².